The first-order chi connectivity index (χ1) is 23.4. The van der Waals surface area contributed by atoms with Crippen LogP contribution in [0.5, 0.6) is 0 Å². The average Bonchev–Trinajstić information content (AvgIpc) is 3.11. The van der Waals surface area contributed by atoms with Crippen LogP contribution in [0, 0.1) is 10.8 Å². The van der Waals surface area contributed by atoms with Gasteiger partial charge in [-0.15, -0.1) is 0 Å². The fourth-order valence-electron chi connectivity index (χ4n) is 3.95. The lowest BCUT2D eigenvalue weighted by Crippen LogP contribution is -2.39. The Morgan fingerprint density at radius 2 is 1.02 bits per heavy atom. The number of carbonyl (C=O) groups excluding carboxylic acids is 6. The highest BCUT2D eigenvalue weighted by Gasteiger charge is 2.42. The predicted octanol–water partition coefficient (Wildman–Crippen LogP) is 5.86. The van der Waals surface area contributed by atoms with Crippen LogP contribution in [0.15, 0.2) is 85.0 Å². The molecule has 0 radical (unpaired) electrons. The minimum atomic E-state index is -0.905. The lowest BCUT2D eigenvalue weighted by Gasteiger charge is -2.33. The first-order valence-corrected chi connectivity index (χ1v) is 15.6. The van der Waals surface area contributed by atoms with Crippen molar-refractivity contribution in [2.45, 2.75) is 67.6 Å². The molecule has 0 amide bonds. The Hall–Kier alpha value is -5.26. The number of ether oxygens (including phenoxy) is 6. The van der Waals surface area contributed by atoms with Gasteiger partial charge in [-0.2, -0.15) is 0 Å². The molecule has 50 heavy (non-hydrogen) atoms. The van der Waals surface area contributed by atoms with Crippen molar-refractivity contribution in [2.24, 2.45) is 10.8 Å². The van der Waals surface area contributed by atoms with Crippen molar-refractivity contribution in [1.82, 2.24) is 0 Å². The topological polar surface area (TPSA) is 158 Å². The van der Waals surface area contributed by atoms with Crippen LogP contribution in [0.3, 0.4) is 0 Å². The van der Waals surface area contributed by atoms with Gasteiger partial charge in [0.25, 0.3) is 0 Å². The number of carbonyl (C=O) groups is 6. The smallest absolute Gasteiger partial charge is 0.344 e. The molecule has 12 nitrogen and oxygen atoms in total. The summed E-state index contributed by atoms with van der Waals surface area (Å²) in [6.07, 6.45) is 0.715. The predicted molar refractivity (Wildman–Crippen MR) is 185 cm³/mol. The highest BCUT2D eigenvalue weighted by molar-refractivity contribution is 5.88. The van der Waals surface area contributed by atoms with E-state index in [4.69, 9.17) is 18.9 Å². The van der Waals surface area contributed by atoms with Crippen LogP contribution in [-0.4, -0.2) is 63.2 Å². The number of esters is 6. The van der Waals surface area contributed by atoms with Crippen molar-refractivity contribution in [2.75, 3.05) is 27.4 Å². The van der Waals surface area contributed by atoms with Crippen LogP contribution in [-0.2, 0) is 70.4 Å². The van der Waals surface area contributed by atoms with Gasteiger partial charge in [-0.3, -0.25) is 9.59 Å². The summed E-state index contributed by atoms with van der Waals surface area (Å²) < 4.78 is 28.9. The highest BCUT2D eigenvalue weighted by Crippen LogP contribution is 2.38. The largest absolute Gasteiger partial charge is 0.469 e. The zero-order valence-electron chi connectivity index (χ0n) is 30.3. The summed E-state index contributed by atoms with van der Waals surface area (Å²) in [5, 5.41) is 0. The maximum Gasteiger partial charge on any atom is 0.344 e. The summed E-state index contributed by atoms with van der Waals surface area (Å²) >= 11 is 0. The van der Waals surface area contributed by atoms with Gasteiger partial charge < -0.3 is 28.4 Å². The van der Waals surface area contributed by atoms with Crippen LogP contribution in [0.2, 0.25) is 0 Å². The molecule has 0 spiro atoms. The lowest BCUT2D eigenvalue weighted by atomic mass is 9.72. The average molecular weight is 699 g/mol. The third kappa shape index (κ3) is 18.3. The third-order valence-electron chi connectivity index (χ3n) is 6.85. The molecule has 2 aromatic rings. The Balaban J connectivity index is 0.000000852. The Bertz CT molecular complexity index is 1430. The molecule has 2 rings (SSSR count). The molecule has 0 aliphatic carbocycles. The van der Waals surface area contributed by atoms with Crippen molar-refractivity contribution >= 4 is 35.8 Å². The minimum absolute atomic E-state index is 0.123. The molecule has 1 unspecified atom stereocenters. The normalized spacial score (nSPS) is 11.3. The Morgan fingerprint density at radius 3 is 1.36 bits per heavy atom. The first kappa shape index (κ1) is 44.7. The van der Waals surface area contributed by atoms with Gasteiger partial charge in [0.05, 0.1) is 25.0 Å². The molecule has 2 aromatic carbocycles. The second-order valence-corrected chi connectivity index (χ2v) is 12.0. The molecular formula is C38H50O12. The van der Waals surface area contributed by atoms with E-state index in [1.165, 1.54) is 21.1 Å². The molecule has 12 heteroatoms. The van der Waals surface area contributed by atoms with E-state index in [0.717, 1.165) is 11.1 Å². The molecule has 0 heterocycles. The van der Waals surface area contributed by atoms with Crippen LogP contribution in [0.4, 0.5) is 0 Å². The zero-order chi connectivity index (χ0) is 38.3. The standard InChI is InChI=1S/C20H28O6.C13H14O4.C5H8O2/c1-6-20(4,14-19(2,3)17(22)24-5)18(23)26-13-16(21)25-12-15-10-8-7-9-11-15;1-10(2)13(15)17-9-12(14)16-8-11-6-4-3-5-7-11;1-4(2)5(6)7-3/h7-11H,6,12-14H2,1-5H3;3-7H,1,8-9H2,2H3;1H2,2-3H3. The minimum Gasteiger partial charge on any atom is -0.469 e. The van der Waals surface area contributed by atoms with E-state index in [0.29, 0.717) is 12.0 Å². The molecule has 1 atom stereocenters. The number of hydrogen-bond acceptors (Lipinski definition) is 12. The summed E-state index contributed by atoms with van der Waals surface area (Å²) in [7, 11) is 2.64. The number of hydrogen-bond donors (Lipinski definition) is 0. The van der Waals surface area contributed by atoms with Crippen LogP contribution in [0.25, 0.3) is 0 Å². The lowest BCUT2D eigenvalue weighted by molar-refractivity contribution is -0.169. The van der Waals surface area contributed by atoms with Gasteiger partial charge in [-0.05, 0) is 58.6 Å². The van der Waals surface area contributed by atoms with E-state index in [2.05, 4.69) is 22.6 Å². The van der Waals surface area contributed by atoms with Crippen molar-refractivity contribution in [3.63, 3.8) is 0 Å². The number of rotatable bonds is 15. The SMILES string of the molecule is C=C(C)C(=O)OC.C=C(C)C(=O)OCC(=O)OCc1ccccc1.CCC(C)(CC(C)(C)C(=O)OC)C(=O)OCC(=O)OCc1ccccc1. The second kappa shape index (κ2) is 23.2. The van der Waals surface area contributed by atoms with E-state index in [1.54, 1.807) is 27.7 Å². The van der Waals surface area contributed by atoms with Gasteiger partial charge in [-0.1, -0.05) is 80.7 Å². The molecule has 0 fully saturated rings. The molecular weight excluding hydrogens is 648 g/mol. The summed E-state index contributed by atoms with van der Waals surface area (Å²) in [5.41, 5.74) is 0.671. The van der Waals surface area contributed by atoms with Gasteiger partial charge in [0.15, 0.2) is 13.2 Å². The molecule has 0 saturated heterocycles. The van der Waals surface area contributed by atoms with Crippen LogP contribution >= 0.6 is 0 Å². The molecule has 274 valence electrons. The summed E-state index contributed by atoms with van der Waals surface area (Å²) in [6, 6.07) is 18.5. The monoisotopic (exact) mass is 698 g/mol. The van der Waals surface area contributed by atoms with Crippen LogP contribution < -0.4 is 0 Å². The third-order valence-corrected chi connectivity index (χ3v) is 6.85. The summed E-state index contributed by atoms with van der Waals surface area (Å²) in [6.45, 7) is 16.3. The summed E-state index contributed by atoms with van der Waals surface area (Å²) in [5.74, 6) is -3.07. The van der Waals surface area contributed by atoms with E-state index in [9.17, 15) is 28.8 Å². The van der Waals surface area contributed by atoms with Crippen molar-refractivity contribution in [1.29, 1.82) is 0 Å². The highest BCUT2D eigenvalue weighted by atomic mass is 16.6. The van der Waals surface area contributed by atoms with E-state index >= 15 is 0 Å². The van der Waals surface area contributed by atoms with Gasteiger partial charge in [0.1, 0.15) is 13.2 Å². The molecule has 0 aliphatic rings. The van der Waals surface area contributed by atoms with Gasteiger partial charge in [0.2, 0.25) is 0 Å². The maximum atomic E-state index is 12.5. The van der Waals surface area contributed by atoms with Crippen molar-refractivity contribution in [3.05, 3.63) is 96.1 Å². The number of benzene rings is 2. The quantitative estimate of drug-likeness (QED) is 0.124. The molecule has 0 saturated carbocycles. The molecule has 0 N–H and O–H groups in total. The maximum absolute atomic E-state index is 12.5. The molecule has 0 aliphatic heterocycles. The fourth-order valence-corrected chi connectivity index (χ4v) is 3.95. The van der Waals surface area contributed by atoms with Gasteiger partial charge in [0, 0.05) is 11.1 Å². The second-order valence-electron chi connectivity index (χ2n) is 12.0. The Labute approximate surface area is 294 Å². The number of methoxy groups -OCH3 is 2. The molecule has 0 aromatic heterocycles. The van der Waals surface area contributed by atoms with Crippen molar-refractivity contribution in [3.8, 4) is 0 Å². The van der Waals surface area contributed by atoms with Gasteiger partial charge in [-0.25, -0.2) is 19.2 Å². The molecule has 0 bridgehead atoms. The van der Waals surface area contributed by atoms with E-state index in [-0.39, 0.29) is 31.2 Å². The Kier molecular flexibility index (Phi) is 20.7. The fraction of sp³-hybridized carbons (Fsp3) is 0.421. The van der Waals surface area contributed by atoms with E-state index < -0.39 is 53.9 Å². The first-order valence-electron chi connectivity index (χ1n) is 15.6. The van der Waals surface area contributed by atoms with Crippen LogP contribution in [0.1, 0.15) is 65.5 Å². The zero-order valence-corrected chi connectivity index (χ0v) is 30.3. The Morgan fingerprint density at radius 1 is 0.600 bits per heavy atom. The van der Waals surface area contributed by atoms with E-state index in [1.807, 2.05) is 67.6 Å². The summed E-state index contributed by atoms with van der Waals surface area (Å²) in [4.78, 5) is 68.6. The van der Waals surface area contributed by atoms with Gasteiger partial charge >= 0.3 is 35.8 Å². The van der Waals surface area contributed by atoms with Crippen molar-refractivity contribution < 1.29 is 57.2 Å².